The van der Waals surface area contributed by atoms with Crippen LogP contribution in [0.5, 0.6) is 0 Å². The molecule has 1 heterocycles. The third-order valence-electron chi connectivity index (χ3n) is 1.94. The summed E-state index contributed by atoms with van der Waals surface area (Å²) in [6.45, 7) is 5.46. The lowest BCUT2D eigenvalue weighted by atomic mass is 10.2. The Balaban J connectivity index is 2.50. The maximum atomic E-state index is 5.61. The Morgan fingerprint density at radius 3 is 2.87 bits per heavy atom. The van der Waals surface area contributed by atoms with Crippen LogP contribution in [0.25, 0.3) is 0 Å². The molecule has 5 nitrogen and oxygen atoms in total. The van der Waals surface area contributed by atoms with E-state index in [4.69, 9.17) is 10.5 Å². The molecule has 1 aromatic heterocycles. The molecule has 3 N–H and O–H groups in total. The first-order valence-corrected chi connectivity index (χ1v) is 4.95. The monoisotopic (exact) mass is 210 g/mol. The fourth-order valence-corrected chi connectivity index (χ4v) is 1.30. The number of anilines is 2. The van der Waals surface area contributed by atoms with E-state index in [1.165, 1.54) is 0 Å². The van der Waals surface area contributed by atoms with Gasteiger partial charge in [-0.1, -0.05) is 6.92 Å². The summed E-state index contributed by atoms with van der Waals surface area (Å²) >= 11 is 0. The van der Waals surface area contributed by atoms with Crippen LogP contribution in [0.1, 0.15) is 12.7 Å². The Labute approximate surface area is 90.1 Å². The number of nitrogen functional groups attached to an aromatic ring is 1. The molecule has 5 heteroatoms. The minimum atomic E-state index is 0.437. The van der Waals surface area contributed by atoms with Gasteiger partial charge in [0.15, 0.2) is 0 Å². The number of hydrogen-bond donors (Lipinski definition) is 2. The molecular weight excluding hydrogens is 192 g/mol. The van der Waals surface area contributed by atoms with Crippen molar-refractivity contribution in [1.29, 1.82) is 0 Å². The number of methoxy groups -OCH3 is 1. The van der Waals surface area contributed by atoms with E-state index in [0.717, 1.165) is 19.0 Å². The molecule has 0 aliphatic heterocycles. The summed E-state index contributed by atoms with van der Waals surface area (Å²) in [6.07, 6.45) is 0. The van der Waals surface area contributed by atoms with Gasteiger partial charge in [0.1, 0.15) is 17.5 Å². The number of hydrogen-bond acceptors (Lipinski definition) is 5. The smallest absolute Gasteiger partial charge is 0.131 e. The second-order valence-corrected chi connectivity index (χ2v) is 3.67. The van der Waals surface area contributed by atoms with Crippen molar-refractivity contribution >= 4 is 11.6 Å². The normalized spacial score (nSPS) is 12.5. The van der Waals surface area contributed by atoms with Crippen LogP contribution < -0.4 is 11.1 Å². The van der Waals surface area contributed by atoms with Gasteiger partial charge >= 0.3 is 0 Å². The van der Waals surface area contributed by atoms with Gasteiger partial charge in [-0.2, -0.15) is 0 Å². The number of nitrogens with zero attached hydrogens (tertiary/aromatic N) is 2. The summed E-state index contributed by atoms with van der Waals surface area (Å²) in [6, 6.07) is 1.73. The molecule has 0 aromatic carbocycles. The van der Waals surface area contributed by atoms with Crippen LogP contribution in [-0.2, 0) is 4.74 Å². The molecule has 0 fully saturated rings. The zero-order valence-corrected chi connectivity index (χ0v) is 9.45. The standard InChI is InChI=1S/C10H18N4O/c1-7(6-15-3)5-12-10-4-9(11)13-8(2)14-10/h4,7H,5-6H2,1-3H3,(H3,11,12,13,14). The van der Waals surface area contributed by atoms with E-state index in [0.29, 0.717) is 17.6 Å². The van der Waals surface area contributed by atoms with Crippen molar-refractivity contribution in [3.63, 3.8) is 0 Å². The first kappa shape index (κ1) is 11.7. The van der Waals surface area contributed by atoms with E-state index in [1.54, 1.807) is 13.2 Å². The molecule has 0 bridgehead atoms. The van der Waals surface area contributed by atoms with Crippen molar-refractivity contribution in [2.45, 2.75) is 13.8 Å². The van der Waals surface area contributed by atoms with Crippen LogP contribution in [0.3, 0.4) is 0 Å². The van der Waals surface area contributed by atoms with Crippen LogP contribution in [0.4, 0.5) is 11.6 Å². The molecule has 1 atom stereocenters. The van der Waals surface area contributed by atoms with Gasteiger partial charge in [0.05, 0.1) is 6.61 Å². The highest BCUT2D eigenvalue weighted by molar-refractivity contribution is 5.44. The van der Waals surface area contributed by atoms with Crippen LogP contribution in [0.2, 0.25) is 0 Å². The topological polar surface area (TPSA) is 73.1 Å². The first-order valence-electron chi connectivity index (χ1n) is 4.95. The Morgan fingerprint density at radius 2 is 2.27 bits per heavy atom. The average Bonchev–Trinajstić information content (AvgIpc) is 2.14. The van der Waals surface area contributed by atoms with E-state index >= 15 is 0 Å². The van der Waals surface area contributed by atoms with Crippen molar-refractivity contribution < 1.29 is 4.74 Å². The fraction of sp³-hybridized carbons (Fsp3) is 0.600. The number of ether oxygens (including phenoxy) is 1. The Morgan fingerprint density at radius 1 is 1.53 bits per heavy atom. The van der Waals surface area contributed by atoms with E-state index < -0.39 is 0 Å². The lowest BCUT2D eigenvalue weighted by molar-refractivity contribution is 0.164. The van der Waals surface area contributed by atoms with Crippen molar-refractivity contribution in [2.24, 2.45) is 5.92 Å². The largest absolute Gasteiger partial charge is 0.384 e. The van der Waals surface area contributed by atoms with Gasteiger partial charge in [-0.15, -0.1) is 0 Å². The molecule has 1 rings (SSSR count). The van der Waals surface area contributed by atoms with Crippen LogP contribution in [0, 0.1) is 12.8 Å². The first-order chi connectivity index (χ1) is 7.11. The number of aromatic nitrogens is 2. The van der Waals surface area contributed by atoms with Gasteiger partial charge < -0.3 is 15.8 Å². The second kappa shape index (κ2) is 5.50. The van der Waals surface area contributed by atoms with E-state index in [9.17, 15) is 0 Å². The number of nitrogens with one attached hydrogen (secondary N) is 1. The molecule has 0 saturated heterocycles. The van der Waals surface area contributed by atoms with E-state index in [2.05, 4.69) is 22.2 Å². The van der Waals surface area contributed by atoms with Gasteiger partial charge in [0, 0.05) is 19.7 Å². The molecule has 1 unspecified atom stereocenters. The van der Waals surface area contributed by atoms with Crippen molar-refractivity contribution in [1.82, 2.24) is 9.97 Å². The molecule has 0 amide bonds. The molecule has 15 heavy (non-hydrogen) atoms. The molecule has 0 radical (unpaired) electrons. The van der Waals surface area contributed by atoms with E-state index in [-0.39, 0.29) is 0 Å². The number of aryl methyl sites for hydroxylation is 1. The predicted molar refractivity (Wildman–Crippen MR) is 60.7 cm³/mol. The van der Waals surface area contributed by atoms with Gasteiger partial charge in [0.25, 0.3) is 0 Å². The van der Waals surface area contributed by atoms with Gasteiger partial charge in [-0.25, -0.2) is 9.97 Å². The minimum Gasteiger partial charge on any atom is -0.384 e. The lowest BCUT2D eigenvalue weighted by Gasteiger charge is -2.12. The summed E-state index contributed by atoms with van der Waals surface area (Å²) in [7, 11) is 1.70. The second-order valence-electron chi connectivity index (χ2n) is 3.67. The molecule has 0 spiro atoms. The highest BCUT2D eigenvalue weighted by Crippen LogP contribution is 2.08. The van der Waals surface area contributed by atoms with Crippen molar-refractivity contribution in [3.8, 4) is 0 Å². The molecule has 0 saturated carbocycles. The molecule has 0 aliphatic rings. The van der Waals surface area contributed by atoms with Crippen molar-refractivity contribution in [3.05, 3.63) is 11.9 Å². The van der Waals surface area contributed by atoms with Gasteiger partial charge in [0.2, 0.25) is 0 Å². The molecule has 84 valence electrons. The number of nitrogens with two attached hydrogens (primary N) is 1. The predicted octanol–water partition coefficient (Wildman–Crippen LogP) is 1.06. The lowest BCUT2D eigenvalue weighted by Crippen LogP contribution is -2.16. The zero-order valence-electron chi connectivity index (χ0n) is 9.45. The third-order valence-corrected chi connectivity index (χ3v) is 1.94. The van der Waals surface area contributed by atoms with Crippen molar-refractivity contribution in [2.75, 3.05) is 31.3 Å². The number of rotatable bonds is 5. The van der Waals surface area contributed by atoms with Gasteiger partial charge in [-0.05, 0) is 12.8 Å². The Bertz CT molecular complexity index is 296. The molecule has 0 aliphatic carbocycles. The fourth-order valence-electron chi connectivity index (χ4n) is 1.30. The summed E-state index contributed by atoms with van der Waals surface area (Å²) in [5, 5.41) is 3.20. The zero-order chi connectivity index (χ0) is 11.3. The van der Waals surface area contributed by atoms with E-state index in [1.807, 2.05) is 6.92 Å². The SMILES string of the molecule is COCC(C)CNc1cc(N)nc(C)n1. The maximum absolute atomic E-state index is 5.61. The minimum absolute atomic E-state index is 0.437. The Hall–Kier alpha value is -1.36. The summed E-state index contributed by atoms with van der Waals surface area (Å²) < 4.78 is 5.04. The van der Waals surface area contributed by atoms with Crippen LogP contribution in [0.15, 0.2) is 6.07 Å². The molecular formula is C10H18N4O. The van der Waals surface area contributed by atoms with Gasteiger partial charge in [-0.3, -0.25) is 0 Å². The quantitative estimate of drug-likeness (QED) is 0.760. The van der Waals surface area contributed by atoms with Crippen LogP contribution >= 0.6 is 0 Å². The summed E-state index contributed by atoms with van der Waals surface area (Å²) in [5.74, 6) is 2.37. The maximum Gasteiger partial charge on any atom is 0.131 e. The van der Waals surface area contributed by atoms with Crippen LogP contribution in [-0.4, -0.2) is 30.2 Å². The Kier molecular flexibility index (Phi) is 4.30. The highest BCUT2D eigenvalue weighted by atomic mass is 16.5. The summed E-state index contributed by atoms with van der Waals surface area (Å²) in [4.78, 5) is 8.22. The average molecular weight is 210 g/mol. The summed E-state index contributed by atoms with van der Waals surface area (Å²) in [5.41, 5.74) is 5.61. The highest BCUT2D eigenvalue weighted by Gasteiger charge is 2.03. The third kappa shape index (κ3) is 4.12. The molecule has 1 aromatic rings.